The first-order valence-corrected chi connectivity index (χ1v) is 9.78. The van der Waals surface area contributed by atoms with Crippen LogP contribution in [0.3, 0.4) is 0 Å². The normalized spacial score (nSPS) is 12.1. The number of benzene rings is 2. The van der Waals surface area contributed by atoms with Crippen LogP contribution in [-0.4, -0.2) is 31.7 Å². The molecule has 6 heteroatoms. The van der Waals surface area contributed by atoms with E-state index in [1.807, 2.05) is 76.2 Å². The Morgan fingerprint density at radius 2 is 1.90 bits per heavy atom. The summed E-state index contributed by atoms with van der Waals surface area (Å²) in [6.45, 7) is 8.46. The van der Waals surface area contributed by atoms with E-state index >= 15 is 0 Å². The predicted octanol–water partition coefficient (Wildman–Crippen LogP) is 3.79. The highest BCUT2D eigenvalue weighted by molar-refractivity contribution is 6.64. The Kier molecular flexibility index (Phi) is 8.46. The molecule has 0 saturated heterocycles. The zero-order valence-corrected chi connectivity index (χ0v) is 17.6. The van der Waals surface area contributed by atoms with Crippen molar-refractivity contribution < 1.29 is 19.1 Å². The molecule has 0 heterocycles. The van der Waals surface area contributed by atoms with Gasteiger partial charge in [-0.2, -0.15) is 0 Å². The largest absolute Gasteiger partial charge is 0.489 e. The summed E-state index contributed by atoms with van der Waals surface area (Å²) < 4.78 is 11.4. The van der Waals surface area contributed by atoms with Crippen LogP contribution in [0.1, 0.15) is 49.8 Å². The van der Waals surface area contributed by atoms with Crippen LogP contribution in [0, 0.1) is 6.92 Å². The van der Waals surface area contributed by atoms with E-state index in [4.69, 9.17) is 9.47 Å². The standard InChI is InChI=1S/C23H29BNO4/c1-17-10-11-20(28-15-18-8-6-5-7-9-18)13-21(17)19(14-25-24-16-26)12-22(27)29-23(2,3)4/h5-11,13,16,19,25H,12,14-15H2,1-4H3. The summed E-state index contributed by atoms with van der Waals surface area (Å²) in [5, 5.41) is 2.96. The van der Waals surface area contributed by atoms with E-state index in [-0.39, 0.29) is 18.3 Å². The van der Waals surface area contributed by atoms with Crippen molar-refractivity contribution in [3.8, 4) is 5.75 Å². The van der Waals surface area contributed by atoms with Crippen molar-refractivity contribution in [2.45, 2.75) is 52.2 Å². The number of nitrogens with one attached hydrogen (secondary N) is 1. The second-order valence-electron chi connectivity index (χ2n) is 7.99. The number of aryl methyl sites for hydroxylation is 1. The van der Waals surface area contributed by atoms with Gasteiger partial charge in [0, 0.05) is 5.92 Å². The number of carbonyl (C=O) groups is 2. The highest BCUT2D eigenvalue weighted by atomic mass is 16.6. The van der Waals surface area contributed by atoms with Crippen LogP contribution in [0.15, 0.2) is 48.5 Å². The van der Waals surface area contributed by atoms with Crippen LogP contribution in [-0.2, 0) is 20.9 Å². The smallest absolute Gasteiger partial charge is 0.306 e. The maximum absolute atomic E-state index is 12.4. The van der Waals surface area contributed by atoms with E-state index in [2.05, 4.69) is 5.23 Å². The Hall–Kier alpha value is -2.60. The van der Waals surface area contributed by atoms with Crippen molar-refractivity contribution >= 4 is 19.6 Å². The molecule has 0 aliphatic rings. The van der Waals surface area contributed by atoms with Crippen molar-refractivity contribution in [2.24, 2.45) is 0 Å². The van der Waals surface area contributed by atoms with Gasteiger partial charge >= 0.3 is 5.97 Å². The lowest BCUT2D eigenvalue weighted by atomic mass is 9.89. The first-order valence-electron chi connectivity index (χ1n) is 9.78. The van der Waals surface area contributed by atoms with Gasteiger partial charge in [0.05, 0.1) is 12.6 Å². The van der Waals surface area contributed by atoms with E-state index in [0.717, 1.165) is 22.4 Å². The maximum Gasteiger partial charge on any atom is 0.306 e. The van der Waals surface area contributed by atoms with Crippen molar-refractivity contribution in [3.63, 3.8) is 0 Å². The number of ether oxygens (including phenoxy) is 2. The van der Waals surface area contributed by atoms with Gasteiger partial charge in [-0.15, -0.1) is 0 Å². The molecule has 2 aromatic rings. The summed E-state index contributed by atoms with van der Waals surface area (Å²) in [6, 6.07) is 15.8. The first-order chi connectivity index (χ1) is 13.8. The summed E-state index contributed by atoms with van der Waals surface area (Å²) in [7, 11) is 1.34. The second kappa shape index (κ2) is 10.8. The van der Waals surface area contributed by atoms with Crippen LogP contribution < -0.4 is 9.96 Å². The van der Waals surface area contributed by atoms with Crippen molar-refractivity contribution in [3.05, 3.63) is 65.2 Å². The van der Waals surface area contributed by atoms with Crippen LogP contribution in [0.5, 0.6) is 5.75 Å². The zero-order chi connectivity index (χ0) is 21.3. The Labute approximate surface area is 174 Å². The summed E-state index contributed by atoms with van der Waals surface area (Å²) in [5.74, 6) is 0.315. The topological polar surface area (TPSA) is 64.6 Å². The number of hydrogen-bond acceptors (Lipinski definition) is 5. The molecule has 153 valence electrons. The molecule has 1 atom stereocenters. The molecule has 0 aliphatic heterocycles. The predicted molar refractivity (Wildman–Crippen MR) is 116 cm³/mol. The Balaban J connectivity index is 2.16. The molecular formula is C23H29BNO4. The SMILES string of the molecule is Cc1ccc(OCc2ccccc2)cc1C(CN[B]C=O)CC(=O)OC(C)(C)C. The molecule has 0 saturated carbocycles. The van der Waals surface area contributed by atoms with E-state index in [0.29, 0.717) is 19.3 Å². The number of carbonyl (C=O) groups excluding carboxylic acids is 2. The van der Waals surface area contributed by atoms with Gasteiger partial charge in [0.15, 0.2) is 0 Å². The molecule has 1 N–H and O–H groups in total. The molecule has 1 radical (unpaired) electrons. The molecule has 0 aromatic heterocycles. The van der Waals surface area contributed by atoms with E-state index in [9.17, 15) is 9.59 Å². The van der Waals surface area contributed by atoms with E-state index in [1.54, 1.807) is 0 Å². The van der Waals surface area contributed by atoms with Crippen molar-refractivity contribution in [2.75, 3.05) is 6.54 Å². The average molecular weight is 394 g/mol. The second-order valence-corrected chi connectivity index (χ2v) is 7.99. The van der Waals surface area contributed by atoms with Gasteiger partial charge in [-0.25, -0.2) is 0 Å². The van der Waals surface area contributed by atoms with Crippen LogP contribution >= 0.6 is 0 Å². The molecule has 0 aliphatic carbocycles. The highest BCUT2D eigenvalue weighted by Gasteiger charge is 2.23. The first kappa shape index (κ1) is 22.7. The third kappa shape index (κ3) is 8.12. The lowest BCUT2D eigenvalue weighted by molar-refractivity contribution is -0.155. The minimum absolute atomic E-state index is 0.152. The Morgan fingerprint density at radius 1 is 1.17 bits per heavy atom. The molecular weight excluding hydrogens is 365 g/mol. The van der Waals surface area contributed by atoms with Crippen LogP contribution in [0.2, 0.25) is 0 Å². The maximum atomic E-state index is 12.4. The minimum Gasteiger partial charge on any atom is -0.489 e. The van der Waals surface area contributed by atoms with Gasteiger partial charge in [-0.1, -0.05) is 36.4 Å². The van der Waals surface area contributed by atoms with Gasteiger partial charge in [0.2, 0.25) is 0 Å². The van der Waals surface area contributed by atoms with Gasteiger partial charge in [-0.3, -0.25) is 4.79 Å². The number of hydrogen-bond donors (Lipinski definition) is 1. The molecule has 29 heavy (non-hydrogen) atoms. The monoisotopic (exact) mass is 394 g/mol. The summed E-state index contributed by atoms with van der Waals surface area (Å²) in [6.07, 6.45) is 0.900. The summed E-state index contributed by atoms with van der Waals surface area (Å²) in [4.78, 5) is 23.1. The molecule has 0 bridgehead atoms. The lowest BCUT2D eigenvalue weighted by Gasteiger charge is -2.24. The third-order valence-electron chi connectivity index (χ3n) is 4.32. The van der Waals surface area contributed by atoms with Gasteiger partial charge in [-0.05, 0) is 63.1 Å². The van der Waals surface area contributed by atoms with Gasteiger partial charge in [0.1, 0.15) is 18.0 Å². The summed E-state index contributed by atoms with van der Waals surface area (Å²) >= 11 is 0. The fourth-order valence-corrected chi connectivity index (χ4v) is 3.02. The molecule has 0 spiro atoms. The molecule has 0 amide bonds. The quantitative estimate of drug-likeness (QED) is 0.288. The van der Waals surface area contributed by atoms with Crippen LogP contribution in [0.4, 0.5) is 0 Å². The van der Waals surface area contributed by atoms with Crippen molar-refractivity contribution in [1.29, 1.82) is 0 Å². The molecule has 2 aromatic carbocycles. The van der Waals surface area contributed by atoms with Crippen molar-refractivity contribution in [1.82, 2.24) is 5.23 Å². The Morgan fingerprint density at radius 3 is 2.55 bits per heavy atom. The average Bonchev–Trinajstić information content (AvgIpc) is 2.66. The van der Waals surface area contributed by atoms with E-state index in [1.165, 1.54) is 7.41 Å². The molecule has 1 unspecified atom stereocenters. The molecule has 2 rings (SSSR count). The fourth-order valence-electron chi connectivity index (χ4n) is 3.02. The minimum atomic E-state index is -0.542. The highest BCUT2D eigenvalue weighted by Crippen LogP contribution is 2.28. The lowest BCUT2D eigenvalue weighted by Crippen LogP contribution is -2.30. The van der Waals surface area contributed by atoms with E-state index < -0.39 is 5.60 Å². The zero-order valence-electron chi connectivity index (χ0n) is 17.6. The summed E-state index contributed by atoms with van der Waals surface area (Å²) in [5.41, 5.74) is 2.59. The van der Waals surface area contributed by atoms with Gasteiger partial charge < -0.3 is 19.5 Å². The fraction of sp³-hybridized carbons (Fsp3) is 0.391. The molecule has 0 fully saturated rings. The number of esters is 1. The van der Waals surface area contributed by atoms with Gasteiger partial charge in [0.25, 0.3) is 7.41 Å². The molecule has 5 nitrogen and oxygen atoms in total. The van der Waals surface area contributed by atoms with Crippen LogP contribution in [0.25, 0.3) is 0 Å². The Bertz CT molecular complexity index is 802. The number of rotatable bonds is 10. The third-order valence-corrected chi connectivity index (χ3v) is 4.32.